The molecule has 1 N–H and O–H groups in total. The van der Waals surface area contributed by atoms with Gasteiger partial charge in [0.2, 0.25) is 0 Å². The van der Waals surface area contributed by atoms with E-state index in [1.807, 2.05) is 37.3 Å². The summed E-state index contributed by atoms with van der Waals surface area (Å²) >= 11 is 6.24. The Morgan fingerprint density at radius 1 is 1.16 bits per heavy atom. The second-order valence-electron chi connectivity index (χ2n) is 8.21. The molecule has 162 valence electrons. The fourth-order valence-corrected chi connectivity index (χ4v) is 4.42. The number of nitrogens with zero attached hydrogens (tertiary/aromatic N) is 2. The van der Waals surface area contributed by atoms with E-state index in [4.69, 9.17) is 16.3 Å². The first-order valence-corrected chi connectivity index (χ1v) is 10.9. The van der Waals surface area contributed by atoms with Crippen LogP contribution in [0.25, 0.3) is 0 Å². The summed E-state index contributed by atoms with van der Waals surface area (Å²) in [6.07, 6.45) is 3.18. The minimum Gasteiger partial charge on any atom is -0.364 e. The lowest BCUT2D eigenvalue weighted by molar-refractivity contribution is 0.0985. The number of ether oxygens (including phenoxy) is 1. The van der Waals surface area contributed by atoms with Crippen molar-refractivity contribution in [3.8, 4) is 0 Å². The van der Waals surface area contributed by atoms with Crippen LogP contribution >= 0.6 is 11.6 Å². The number of aryl methyl sites for hydroxylation is 1. The molecular weight excluding hydrogens is 426 g/mol. The molecule has 7 heteroatoms. The lowest BCUT2D eigenvalue weighted by atomic mass is 9.95. The van der Waals surface area contributed by atoms with Crippen molar-refractivity contribution in [3.63, 3.8) is 0 Å². The van der Waals surface area contributed by atoms with Gasteiger partial charge in [-0.25, -0.2) is 4.98 Å². The van der Waals surface area contributed by atoms with E-state index in [0.717, 1.165) is 29.7 Å². The largest absolute Gasteiger partial charge is 0.364 e. The first-order chi connectivity index (χ1) is 15.5. The van der Waals surface area contributed by atoms with Crippen molar-refractivity contribution in [1.82, 2.24) is 4.98 Å². The number of halogens is 1. The molecule has 32 heavy (non-hydrogen) atoms. The Morgan fingerprint density at radius 2 is 1.97 bits per heavy atom. The van der Waals surface area contributed by atoms with Gasteiger partial charge in [0.05, 0.1) is 17.9 Å². The number of carbonyl (C=O) groups excluding carboxylic acids is 2. The van der Waals surface area contributed by atoms with Gasteiger partial charge < -0.3 is 15.0 Å². The Kier molecular flexibility index (Phi) is 5.19. The number of anilines is 2. The number of epoxide rings is 1. The number of rotatable bonds is 3. The molecule has 2 aliphatic rings. The van der Waals surface area contributed by atoms with E-state index in [1.54, 1.807) is 29.2 Å². The van der Waals surface area contributed by atoms with Gasteiger partial charge in [0.25, 0.3) is 11.8 Å². The van der Waals surface area contributed by atoms with E-state index in [2.05, 4.69) is 10.3 Å². The van der Waals surface area contributed by atoms with Gasteiger partial charge in [-0.1, -0.05) is 29.8 Å². The summed E-state index contributed by atoms with van der Waals surface area (Å²) in [6.45, 7) is 3.12. The zero-order valence-electron chi connectivity index (χ0n) is 17.6. The topological polar surface area (TPSA) is 74.8 Å². The molecule has 1 unspecified atom stereocenters. The van der Waals surface area contributed by atoms with Crippen LogP contribution in [0.2, 0.25) is 5.02 Å². The predicted molar refractivity (Wildman–Crippen MR) is 123 cm³/mol. The van der Waals surface area contributed by atoms with Crippen molar-refractivity contribution in [3.05, 3.63) is 88.1 Å². The molecule has 0 saturated carbocycles. The van der Waals surface area contributed by atoms with Crippen molar-refractivity contribution < 1.29 is 14.3 Å². The van der Waals surface area contributed by atoms with Gasteiger partial charge in [-0.15, -0.1) is 0 Å². The maximum Gasteiger partial charge on any atom is 0.259 e. The number of hydrogen-bond donors (Lipinski definition) is 1. The number of carbonyl (C=O) groups is 2. The summed E-state index contributed by atoms with van der Waals surface area (Å²) < 4.78 is 5.78. The SMILES string of the molecule is Cc1ccccc1C(=O)Nc1ccc(C(=O)N2CCCC3(CO3)c3cc(Cl)ccc32)cn1. The fourth-order valence-electron chi connectivity index (χ4n) is 4.25. The molecule has 2 amide bonds. The van der Waals surface area contributed by atoms with Gasteiger partial charge in [0.1, 0.15) is 11.4 Å². The lowest BCUT2D eigenvalue weighted by Gasteiger charge is -2.23. The number of pyridine rings is 1. The molecule has 2 aliphatic heterocycles. The van der Waals surface area contributed by atoms with Gasteiger partial charge in [-0.3, -0.25) is 9.59 Å². The fraction of sp³-hybridized carbons (Fsp3) is 0.240. The molecule has 1 fully saturated rings. The first kappa shape index (κ1) is 20.7. The molecule has 2 aromatic carbocycles. The van der Waals surface area contributed by atoms with Crippen LogP contribution in [-0.4, -0.2) is 29.9 Å². The number of benzene rings is 2. The predicted octanol–water partition coefficient (Wildman–Crippen LogP) is 4.96. The van der Waals surface area contributed by atoms with E-state index in [1.165, 1.54) is 6.20 Å². The molecule has 5 rings (SSSR count). The van der Waals surface area contributed by atoms with E-state index in [9.17, 15) is 9.59 Å². The van der Waals surface area contributed by atoms with Crippen LogP contribution in [0.5, 0.6) is 0 Å². The Labute approximate surface area is 191 Å². The summed E-state index contributed by atoms with van der Waals surface area (Å²) in [6, 6.07) is 16.3. The highest BCUT2D eigenvalue weighted by Crippen LogP contribution is 2.49. The Bertz CT molecular complexity index is 1210. The zero-order valence-corrected chi connectivity index (χ0v) is 18.4. The standard InChI is InChI=1S/C25H22ClN3O3/c1-16-5-2-3-6-19(16)23(30)28-22-10-7-17(14-27-22)24(31)29-12-4-11-25(15-32-25)20-13-18(26)8-9-21(20)29/h2-3,5-10,13-14H,4,11-12,15H2,1H3,(H,27,28,30). The monoisotopic (exact) mass is 447 g/mol. The average Bonchev–Trinajstić information content (AvgIpc) is 3.60. The third-order valence-electron chi connectivity index (χ3n) is 6.08. The molecular formula is C25H22ClN3O3. The van der Waals surface area contributed by atoms with Gasteiger partial charge in [-0.2, -0.15) is 0 Å². The number of amides is 2. The summed E-state index contributed by atoms with van der Waals surface area (Å²) in [7, 11) is 0. The molecule has 0 radical (unpaired) electrons. The molecule has 3 heterocycles. The van der Waals surface area contributed by atoms with Crippen LogP contribution < -0.4 is 10.2 Å². The lowest BCUT2D eigenvalue weighted by Crippen LogP contribution is -2.32. The number of fused-ring (bicyclic) bond motifs is 2. The summed E-state index contributed by atoms with van der Waals surface area (Å²) in [4.78, 5) is 31.9. The second-order valence-corrected chi connectivity index (χ2v) is 8.64. The molecule has 1 aromatic heterocycles. The van der Waals surface area contributed by atoms with Crippen LogP contribution in [0.15, 0.2) is 60.8 Å². The van der Waals surface area contributed by atoms with Crippen LogP contribution in [0.1, 0.15) is 44.7 Å². The van der Waals surface area contributed by atoms with E-state index < -0.39 is 0 Å². The Hall–Kier alpha value is -3.22. The highest BCUT2D eigenvalue weighted by Gasteiger charge is 2.49. The minimum atomic E-state index is -0.322. The van der Waals surface area contributed by atoms with Crippen molar-refractivity contribution in [2.45, 2.75) is 25.4 Å². The van der Waals surface area contributed by atoms with Crippen molar-refractivity contribution in [2.24, 2.45) is 0 Å². The first-order valence-electron chi connectivity index (χ1n) is 10.6. The second kappa shape index (κ2) is 8.04. The van der Waals surface area contributed by atoms with Gasteiger partial charge >= 0.3 is 0 Å². The molecule has 1 atom stereocenters. The van der Waals surface area contributed by atoms with Crippen molar-refractivity contribution in [2.75, 3.05) is 23.4 Å². The van der Waals surface area contributed by atoms with Crippen LogP contribution in [0, 0.1) is 6.92 Å². The zero-order chi connectivity index (χ0) is 22.3. The van der Waals surface area contributed by atoms with E-state index in [0.29, 0.717) is 35.1 Å². The number of nitrogens with one attached hydrogen (secondary N) is 1. The van der Waals surface area contributed by atoms with Crippen molar-refractivity contribution in [1.29, 1.82) is 0 Å². The Morgan fingerprint density at radius 3 is 2.69 bits per heavy atom. The molecule has 3 aromatic rings. The molecule has 6 nitrogen and oxygen atoms in total. The van der Waals surface area contributed by atoms with Gasteiger partial charge in [0, 0.05) is 28.9 Å². The number of hydrogen-bond acceptors (Lipinski definition) is 4. The highest BCUT2D eigenvalue weighted by atomic mass is 35.5. The Balaban J connectivity index is 1.37. The molecule has 1 spiro atoms. The van der Waals surface area contributed by atoms with Crippen molar-refractivity contribution >= 4 is 34.9 Å². The smallest absolute Gasteiger partial charge is 0.259 e. The van der Waals surface area contributed by atoms with Crippen LogP contribution in [-0.2, 0) is 10.3 Å². The average molecular weight is 448 g/mol. The third kappa shape index (κ3) is 3.76. The van der Waals surface area contributed by atoms with E-state index in [-0.39, 0.29) is 17.4 Å². The maximum atomic E-state index is 13.4. The molecule has 0 aliphatic carbocycles. The van der Waals surface area contributed by atoms with Crippen LogP contribution in [0.3, 0.4) is 0 Å². The third-order valence-corrected chi connectivity index (χ3v) is 6.32. The summed E-state index contributed by atoms with van der Waals surface area (Å²) in [5.41, 5.74) is 3.39. The quantitative estimate of drug-likeness (QED) is 0.576. The summed E-state index contributed by atoms with van der Waals surface area (Å²) in [5, 5.41) is 3.42. The molecule has 0 bridgehead atoms. The van der Waals surface area contributed by atoms with E-state index >= 15 is 0 Å². The molecule has 1 saturated heterocycles. The maximum absolute atomic E-state index is 13.4. The summed E-state index contributed by atoms with van der Waals surface area (Å²) in [5.74, 6) is 0.0152. The van der Waals surface area contributed by atoms with Crippen LogP contribution in [0.4, 0.5) is 11.5 Å². The highest BCUT2D eigenvalue weighted by molar-refractivity contribution is 6.30. The number of aromatic nitrogens is 1. The van der Waals surface area contributed by atoms with Gasteiger partial charge in [0.15, 0.2) is 0 Å². The minimum absolute atomic E-state index is 0.143. The normalized spacial score (nSPS) is 19.2. The van der Waals surface area contributed by atoms with Gasteiger partial charge in [-0.05, 0) is 61.7 Å².